The second kappa shape index (κ2) is 7.46. The molecule has 0 radical (unpaired) electrons. The minimum atomic E-state index is -1.33. The molecular weight excluding hydrogens is 412 g/mol. The fourth-order valence-electron chi connectivity index (χ4n) is 3.24. The topological polar surface area (TPSA) is 80.4 Å². The summed E-state index contributed by atoms with van der Waals surface area (Å²) in [5, 5.41) is 11.1. The zero-order valence-electron chi connectivity index (χ0n) is 16.0. The van der Waals surface area contributed by atoms with E-state index in [1.165, 1.54) is 24.4 Å². The zero-order chi connectivity index (χ0) is 21.6. The number of aryl methyl sites for hydroxylation is 2. The molecule has 0 bridgehead atoms. The van der Waals surface area contributed by atoms with Crippen molar-refractivity contribution in [3.8, 4) is 11.1 Å². The van der Waals surface area contributed by atoms with Crippen LogP contribution in [0.15, 0.2) is 40.1 Å². The molecule has 8 heteroatoms. The highest BCUT2D eigenvalue weighted by molar-refractivity contribution is 7.11. The van der Waals surface area contributed by atoms with E-state index in [2.05, 4.69) is 4.98 Å². The molecule has 152 valence electrons. The van der Waals surface area contributed by atoms with Gasteiger partial charge in [-0.2, -0.15) is 0 Å². The minimum absolute atomic E-state index is 0.0279. The number of rotatable bonds is 5. The summed E-state index contributed by atoms with van der Waals surface area (Å²) in [4.78, 5) is 29.0. The fourth-order valence-corrected chi connectivity index (χ4v) is 4.28. The Balaban J connectivity index is 1.73. The van der Waals surface area contributed by atoms with Crippen LogP contribution < -0.4 is 0 Å². The summed E-state index contributed by atoms with van der Waals surface area (Å²) in [6.45, 7) is 3.24. The lowest BCUT2D eigenvalue weighted by Gasteiger charge is -2.07. The van der Waals surface area contributed by atoms with E-state index < -0.39 is 23.4 Å². The van der Waals surface area contributed by atoms with Crippen LogP contribution in [0.1, 0.15) is 37.0 Å². The first-order valence-corrected chi connectivity index (χ1v) is 9.84. The van der Waals surface area contributed by atoms with Crippen LogP contribution in [0.2, 0.25) is 0 Å². The Morgan fingerprint density at radius 3 is 2.53 bits per heavy atom. The van der Waals surface area contributed by atoms with E-state index in [9.17, 15) is 23.5 Å². The number of carbonyl (C=O) groups excluding carboxylic acids is 1. The first-order chi connectivity index (χ1) is 14.3. The second-order valence-electron chi connectivity index (χ2n) is 6.85. The number of carbonyl (C=O) groups is 2. The molecule has 0 saturated carbocycles. The predicted molar refractivity (Wildman–Crippen MR) is 108 cm³/mol. The van der Waals surface area contributed by atoms with Gasteiger partial charge in [-0.1, -0.05) is 24.3 Å². The maximum Gasteiger partial charge on any atom is 0.337 e. The van der Waals surface area contributed by atoms with E-state index in [4.69, 9.17) is 4.42 Å². The Kier molecular flexibility index (Phi) is 4.95. The van der Waals surface area contributed by atoms with E-state index in [1.54, 1.807) is 12.1 Å². The summed E-state index contributed by atoms with van der Waals surface area (Å²) in [5.41, 5.74) is 1.58. The number of thiophene rings is 1. The smallest absolute Gasteiger partial charge is 0.337 e. The van der Waals surface area contributed by atoms with Gasteiger partial charge in [-0.25, -0.2) is 18.6 Å². The maximum absolute atomic E-state index is 14.4. The van der Waals surface area contributed by atoms with Crippen molar-refractivity contribution in [2.75, 3.05) is 0 Å². The molecule has 0 saturated heterocycles. The second-order valence-corrected chi connectivity index (χ2v) is 7.82. The Hall–Kier alpha value is -3.39. The molecule has 0 spiro atoms. The molecule has 2 heterocycles. The predicted octanol–water partition coefficient (Wildman–Crippen LogP) is 5.57. The molecule has 0 fully saturated rings. The highest BCUT2D eigenvalue weighted by Gasteiger charge is 2.26. The third-order valence-electron chi connectivity index (χ3n) is 4.82. The number of benzene rings is 2. The van der Waals surface area contributed by atoms with E-state index in [0.717, 1.165) is 16.9 Å². The highest BCUT2D eigenvalue weighted by atomic mass is 32.1. The van der Waals surface area contributed by atoms with E-state index in [-0.39, 0.29) is 39.4 Å². The first-order valence-electron chi connectivity index (χ1n) is 8.96. The van der Waals surface area contributed by atoms with Gasteiger partial charge in [0.05, 0.1) is 12.0 Å². The number of ketones is 1. The van der Waals surface area contributed by atoms with Gasteiger partial charge >= 0.3 is 5.97 Å². The van der Waals surface area contributed by atoms with Gasteiger partial charge in [0, 0.05) is 16.0 Å². The van der Waals surface area contributed by atoms with E-state index in [1.807, 2.05) is 13.0 Å². The normalized spacial score (nSPS) is 11.2. The molecule has 2 aromatic heterocycles. The number of Topliss-reactive ketones (excluding diaryl/α,β-unsaturated/α-hetero) is 1. The monoisotopic (exact) mass is 427 g/mol. The number of aromatic carboxylic acids is 1. The number of fused-ring (bicyclic) bond motifs is 1. The van der Waals surface area contributed by atoms with Crippen LogP contribution in [0, 0.1) is 25.5 Å². The van der Waals surface area contributed by atoms with Crippen LogP contribution in [-0.2, 0) is 6.42 Å². The molecule has 0 atom stereocenters. The van der Waals surface area contributed by atoms with Gasteiger partial charge < -0.3 is 9.52 Å². The van der Waals surface area contributed by atoms with Crippen molar-refractivity contribution in [2.45, 2.75) is 20.3 Å². The summed E-state index contributed by atoms with van der Waals surface area (Å²) >= 11 is 0.991. The standard InChI is InChI=1S/C22H15F2NO4S/c1-10-6-7-12(19(24)18(10)23)13-9-30-16(17(13)22(27)28)8-15(26)21-25-14-5-3-4-11(2)20(14)29-21/h3-7,9H,8H2,1-2H3,(H,27,28). The molecule has 0 amide bonds. The Bertz CT molecular complexity index is 1320. The quantitative estimate of drug-likeness (QED) is 0.421. The van der Waals surface area contributed by atoms with E-state index in [0.29, 0.717) is 11.1 Å². The number of aromatic nitrogens is 1. The third-order valence-corrected chi connectivity index (χ3v) is 5.80. The molecule has 0 unspecified atom stereocenters. The van der Waals surface area contributed by atoms with Crippen molar-refractivity contribution in [3.63, 3.8) is 0 Å². The Morgan fingerprint density at radius 1 is 1.07 bits per heavy atom. The zero-order valence-corrected chi connectivity index (χ0v) is 16.8. The molecule has 1 N–H and O–H groups in total. The van der Waals surface area contributed by atoms with Gasteiger partial charge in [0.25, 0.3) is 5.89 Å². The molecule has 4 rings (SSSR count). The SMILES string of the molecule is Cc1ccc(-c2csc(CC(=O)c3nc4cccc(C)c4o3)c2C(=O)O)c(F)c1F. The lowest BCUT2D eigenvalue weighted by molar-refractivity contribution is 0.0697. The number of hydrogen-bond donors (Lipinski definition) is 1. The van der Waals surface area contributed by atoms with Gasteiger partial charge in [0.15, 0.2) is 17.2 Å². The minimum Gasteiger partial charge on any atom is -0.478 e. The Morgan fingerprint density at radius 2 is 1.83 bits per heavy atom. The fraction of sp³-hybridized carbons (Fsp3) is 0.136. The molecule has 0 aliphatic rings. The maximum atomic E-state index is 14.4. The van der Waals surface area contributed by atoms with Gasteiger partial charge in [-0.05, 0) is 36.4 Å². The number of hydrogen-bond acceptors (Lipinski definition) is 5. The highest BCUT2D eigenvalue weighted by Crippen LogP contribution is 2.35. The van der Waals surface area contributed by atoms with Crippen molar-refractivity contribution >= 4 is 34.2 Å². The molecule has 2 aromatic carbocycles. The summed E-state index contributed by atoms with van der Waals surface area (Å²) in [6.07, 6.45) is -0.284. The van der Waals surface area contributed by atoms with Gasteiger partial charge in [0.1, 0.15) is 5.52 Å². The summed E-state index contributed by atoms with van der Waals surface area (Å²) in [7, 11) is 0. The van der Waals surface area contributed by atoms with Crippen LogP contribution in [0.25, 0.3) is 22.2 Å². The summed E-state index contributed by atoms with van der Waals surface area (Å²) in [6, 6.07) is 8.03. The molecular formula is C22H15F2NO4S. The molecule has 30 heavy (non-hydrogen) atoms. The number of nitrogens with zero attached hydrogens (tertiary/aromatic N) is 1. The molecule has 4 aromatic rings. The van der Waals surface area contributed by atoms with Gasteiger partial charge in [-0.15, -0.1) is 11.3 Å². The third kappa shape index (κ3) is 3.29. The molecule has 0 aliphatic heterocycles. The van der Waals surface area contributed by atoms with Crippen LogP contribution >= 0.6 is 11.3 Å². The molecule has 0 aliphatic carbocycles. The largest absolute Gasteiger partial charge is 0.478 e. The lowest BCUT2D eigenvalue weighted by Crippen LogP contribution is -2.08. The van der Waals surface area contributed by atoms with Crippen molar-refractivity contribution in [1.29, 1.82) is 0 Å². The van der Waals surface area contributed by atoms with Gasteiger partial charge in [0.2, 0.25) is 5.78 Å². The number of carboxylic acids is 1. The van der Waals surface area contributed by atoms with Crippen molar-refractivity contribution in [1.82, 2.24) is 4.98 Å². The van der Waals surface area contributed by atoms with Crippen LogP contribution in [0.5, 0.6) is 0 Å². The van der Waals surface area contributed by atoms with Gasteiger partial charge in [-0.3, -0.25) is 4.79 Å². The molecule has 5 nitrogen and oxygen atoms in total. The first kappa shape index (κ1) is 19.9. The van der Waals surface area contributed by atoms with Crippen LogP contribution in [0.4, 0.5) is 8.78 Å². The number of para-hydroxylation sites is 1. The van der Waals surface area contributed by atoms with Crippen molar-refractivity contribution in [3.05, 3.63) is 74.8 Å². The average molecular weight is 427 g/mol. The number of halogens is 2. The van der Waals surface area contributed by atoms with Crippen molar-refractivity contribution < 1.29 is 27.9 Å². The lowest BCUT2D eigenvalue weighted by atomic mass is 9.99. The van der Waals surface area contributed by atoms with Crippen LogP contribution in [0.3, 0.4) is 0 Å². The number of oxazole rings is 1. The number of carboxylic acid groups (broad SMARTS) is 1. The summed E-state index contributed by atoms with van der Waals surface area (Å²) in [5.74, 6) is -4.12. The average Bonchev–Trinajstić information content (AvgIpc) is 3.31. The van der Waals surface area contributed by atoms with Crippen LogP contribution in [-0.4, -0.2) is 21.8 Å². The van der Waals surface area contributed by atoms with Crippen molar-refractivity contribution in [2.24, 2.45) is 0 Å². The van der Waals surface area contributed by atoms with E-state index >= 15 is 0 Å². The summed E-state index contributed by atoms with van der Waals surface area (Å²) < 4.78 is 34.0. The Labute approximate surface area is 173 Å².